The number of hydrogen-bond donors (Lipinski definition) is 1. The number of hydrogen-bond acceptors (Lipinski definition) is 9. The number of rotatable bonds is 5. The van der Waals surface area contributed by atoms with Gasteiger partial charge < -0.3 is 9.52 Å². The largest absolute Gasteiger partial charge is 0.505 e. The SMILES string of the molecule is Cc1c(-c2cc(N3C(=O)C4CC5C(=CCC6C(=O)N(c7ccc(-c8nc9ccccc9o8)cc7)C(=O)C65)C(c5ccc(O)c(F)c5)C4(C)C3=O)n(C)n2)sc2ccc(Cl)cc12. The van der Waals surface area contributed by atoms with Crippen LogP contribution in [0.3, 0.4) is 0 Å². The molecule has 14 heteroatoms. The second-order valence-corrected chi connectivity index (χ2v) is 18.1. The smallest absolute Gasteiger partial charge is 0.242 e. The summed E-state index contributed by atoms with van der Waals surface area (Å²) in [6.07, 6.45) is 2.24. The molecule has 11 nitrogen and oxygen atoms in total. The third-order valence-electron chi connectivity index (χ3n) is 13.5. The minimum absolute atomic E-state index is 0.117. The predicted octanol–water partition coefficient (Wildman–Crippen LogP) is 9.35. The number of fused-ring (bicyclic) bond motifs is 6. The van der Waals surface area contributed by atoms with Crippen LogP contribution in [0, 0.1) is 41.8 Å². The van der Waals surface area contributed by atoms with E-state index in [0.717, 1.165) is 20.5 Å². The van der Waals surface area contributed by atoms with Crippen molar-refractivity contribution in [3.8, 4) is 27.8 Å². The van der Waals surface area contributed by atoms with Crippen molar-refractivity contribution in [3.63, 3.8) is 0 Å². The highest BCUT2D eigenvalue weighted by atomic mass is 35.5. The van der Waals surface area contributed by atoms with E-state index in [1.165, 1.54) is 38.0 Å². The molecular formula is C47H35ClFN5O6S. The van der Waals surface area contributed by atoms with Gasteiger partial charge in [-0.15, -0.1) is 11.3 Å². The quantitative estimate of drug-likeness (QED) is 0.134. The maximum absolute atomic E-state index is 15.3. The Morgan fingerprint density at radius 3 is 2.48 bits per heavy atom. The van der Waals surface area contributed by atoms with Gasteiger partial charge in [0.25, 0.3) is 0 Å². The van der Waals surface area contributed by atoms with E-state index in [2.05, 4.69) is 4.98 Å². The van der Waals surface area contributed by atoms with Crippen molar-refractivity contribution in [1.82, 2.24) is 14.8 Å². The zero-order valence-corrected chi connectivity index (χ0v) is 34.5. The average Bonchev–Trinajstić information content (AvgIpc) is 4.03. The van der Waals surface area contributed by atoms with Gasteiger partial charge in [-0.3, -0.25) is 28.8 Å². The summed E-state index contributed by atoms with van der Waals surface area (Å²) in [4.78, 5) is 66.9. The van der Waals surface area contributed by atoms with Crippen molar-refractivity contribution >= 4 is 79.3 Å². The lowest BCUT2D eigenvalue weighted by Crippen LogP contribution is -2.49. The average molecular weight is 852 g/mol. The number of phenolic OH excluding ortho intramolecular Hbond substituents is 1. The van der Waals surface area contributed by atoms with Crippen molar-refractivity contribution in [2.45, 2.75) is 32.6 Å². The summed E-state index contributed by atoms with van der Waals surface area (Å²) in [5.74, 6) is -6.39. The highest BCUT2D eigenvalue weighted by Crippen LogP contribution is 2.64. The first-order valence-corrected chi connectivity index (χ1v) is 21.2. The van der Waals surface area contributed by atoms with E-state index in [1.807, 2.05) is 55.5 Å². The Morgan fingerprint density at radius 1 is 0.918 bits per heavy atom. The Hall–Kier alpha value is -6.44. The fraction of sp³-hybridized carbons (Fsp3) is 0.234. The first kappa shape index (κ1) is 37.6. The van der Waals surface area contributed by atoms with Crippen LogP contribution in [0.15, 0.2) is 107 Å². The van der Waals surface area contributed by atoms with Crippen LogP contribution < -0.4 is 9.80 Å². The second-order valence-electron chi connectivity index (χ2n) is 16.6. The van der Waals surface area contributed by atoms with Gasteiger partial charge in [-0.25, -0.2) is 14.3 Å². The van der Waals surface area contributed by atoms with Crippen LogP contribution in [0.25, 0.3) is 43.2 Å². The third kappa shape index (κ3) is 5.32. The van der Waals surface area contributed by atoms with E-state index in [-0.39, 0.29) is 24.6 Å². The second kappa shape index (κ2) is 13.3. The third-order valence-corrected chi connectivity index (χ3v) is 15.0. The van der Waals surface area contributed by atoms with Gasteiger partial charge in [0, 0.05) is 34.3 Å². The molecule has 4 aromatic carbocycles. The van der Waals surface area contributed by atoms with Crippen LogP contribution in [-0.4, -0.2) is 43.5 Å². The van der Waals surface area contributed by atoms with Crippen LogP contribution in [0.5, 0.6) is 5.75 Å². The number of phenols is 1. The lowest BCUT2D eigenvalue weighted by atomic mass is 9.51. The molecule has 304 valence electrons. The van der Waals surface area contributed by atoms with Crippen LogP contribution >= 0.6 is 22.9 Å². The fourth-order valence-corrected chi connectivity index (χ4v) is 11.9. The standard InChI is InChI=1S/C47H35ClFN5O6S/c1-22-29-19-25(48)11-17-37(29)61-41(22)34-21-38(52(3)51-34)54-44(57)31-20-30-27(40(47(31,2)46(54)59)24-10-16-35(55)32(49)18-24)14-15-28-39(30)45(58)53(43(28)56)26-12-8-23(9-13-26)42-50-33-6-4-5-7-36(33)60-42/h4-14,16-19,21,28,30-31,39-40,55H,15,20H2,1-3H3. The molecule has 6 atom stereocenters. The van der Waals surface area contributed by atoms with Crippen LogP contribution in [0.4, 0.5) is 15.9 Å². The molecule has 2 saturated heterocycles. The fourth-order valence-electron chi connectivity index (χ4n) is 10.5. The summed E-state index contributed by atoms with van der Waals surface area (Å²) in [5, 5.41) is 16.6. The predicted molar refractivity (Wildman–Crippen MR) is 228 cm³/mol. The molecule has 1 N–H and O–H groups in total. The molecular weight excluding hydrogens is 817 g/mol. The molecule has 4 aliphatic rings. The first-order valence-electron chi connectivity index (χ1n) is 20.0. The number of benzene rings is 4. The Morgan fingerprint density at radius 2 is 1.70 bits per heavy atom. The Balaban J connectivity index is 0.966. The summed E-state index contributed by atoms with van der Waals surface area (Å²) in [7, 11) is 1.68. The van der Waals surface area contributed by atoms with Crippen molar-refractivity contribution in [2.75, 3.05) is 9.80 Å². The molecule has 0 spiro atoms. The van der Waals surface area contributed by atoms with E-state index in [0.29, 0.717) is 50.1 Å². The number of aromatic hydroxyl groups is 1. The first-order chi connectivity index (χ1) is 29.3. The number of aromatic nitrogens is 3. The molecule has 4 amide bonds. The molecule has 6 unspecified atom stereocenters. The molecule has 1 saturated carbocycles. The Bertz CT molecular complexity index is 3080. The van der Waals surface area contributed by atoms with Gasteiger partial charge in [-0.2, -0.15) is 5.10 Å². The summed E-state index contributed by atoms with van der Waals surface area (Å²) in [6, 6.07) is 25.7. The number of nitrogens with zero attached hydrogens (tertiary/aromatic N) is 5. The minimum Gasteiger partial charge on any atom is -0.505 e. The lowest BCUT2D eigenvalue weighted by Gasteiger charge is -2.49. The topological polar surface area (TPSA) is 139 Å². The van der Waals surface area contributed by atoms with Crippen molar-refractivity contribution in [2.24, 2.45) is 36.1 Å². The van der Waals surface area contributed by atoms with Crippen molar-refractivity contribution in [1.29, 1.82) is 0 Å². The number of halogens is 2. The highest BCUT2D eigenvalue weighted by molar-refractivity contribution is 7.22. The number of allylic oxidation sites excluding steroid dienone is 2. The van der Waals surface area contributed by atoms with Gasteiger partial charge in [-0.05, 0) is 116 Å². The molecule has 3 aromatic heterocycles. The van der Waals surface area contributed by atoms with Gasteiger partial charge >= 0.3 is 0 Å². The van der Waals surface area contributed by atoms with Crippen LogP contribution in [-0.2, 0) is 26.2 Å². The molecule has 5 heterocycles. The Labute approximate surface area is 356 Å². The normalized spacial score (nSPS) is 24.8. The molecule has 11 rings (SSSR count). The number of anilines is 2. The maximum atomic E-state index is 15.3. The number of oxazole rings is 1. The molecule has 3 fully saturated rings. The summed E-state index contributed by atoms with van der Waals surface area (Å²) < 4.78 is 23.8. The monoisotopic (exact) mass is 851 g/mol. The molecule has 0 bridgehead atoms. The molecule has 7 aromatic rings. The molecule has 61 heavy (non-hydrogen) atoms. The van der Waals surface area contributed by atoms with Crippen molar-refractivity contribution in [3.05, 3.63) is 125 Å². The number of aryl methyl sites for hydroxylation is 2. The van der Waals surface area contributed by atoms with Gasteiger partial charge in [0.1, 0.15) is 17.0 Å². The number of imide groups is 2. The minimum atomic E-state index is -1.42. The van der Waals surface area contributed by atoms with E-state index in [9.17, 15) is 19.5 Å². The molecule has 2 aliphatic carbocycles. The van der Waals surface area contributed by atoms with Crippen LogP contribution in [0.2, 0.25) is 5.02 Å². The summed E-state index contributed by atoms with van der Waals surface area (Å²) in [5.41, 5.74) is 3.63. The Kier molecular flexibility index (Phi) is 8.17. The van der Waals surface area contributed by atoms with Gasteiger partial charge in [0.05, 0.1) is 33.7 Å². The molecule has 2 aliphatic heterocycles. The number of amides is 4. The molecule has 0 radical (unpaired) electrons. The van der Waals surface area contributed by atoms with Gasteiger partial charge in [0.2, 0.25) is 29.5 Å². The summed E-state index contributed by atoms with van der Waals surface area (Å²) >= 11 is 7.86. The van der Waals surface area contributed by atoms with E-state index >= 15 is 9.18 Å². The van der Waals surface area contributed by atoms with E-state index < -0.39 is 64.3 Å². The van der Waals surface area contributed by atoms with Crippen molar-refractivity contribution < 1.29 is 33.1 Å². The van der Waals surface area contributed by atoms with Gasteiger partial charge in [0.15, 0.2) is 17.1 Å². The lowest BCUT2D eigenvalue weighted by molar-refractivity contribution is -0.131. The zero-order valence-electron chi connectivity index (χ0n) is 32.9. The number of thiophene rings is 1. The number of para-hydroxylation sites is 2. The van der Waals surface area contributed by atoms with Crippen LogP contribution in [0.1, 0.15) is 36.8 Å². The van der Waals surface area contributed by atoms with E-state index in [1.54, 1.807) is 50.4 Å². The van der Waals surface area contributed by atoms with Gasteiger partial charge in [-0.1, -0.05) is 41.4 Å². The zero-order chi connectivity index (χ0) is 42.2. The van der Waals surface area contributed by atoms with E-state index in [4.69, 9.17) is 21.1 Å². The number of carbonyl (C=O) groups is 4. The number of carbonyl (C=O) groups excluding carboxylic acids is 4. The summed E-state index contributed by atoms with van der Waals surface area (Å²) in [6.45, 7) is 3.72. The maximum Gasteiger partial charge on any atom is 0.242 e. The highest BCUT2D eigenvalue weighted by Gasteiger charge is 2.68.